The molecule has 2 atom stereocenters. The van der Waals surface area contributed by atoms with E-state index < -0.39 is 24.2 Å². The van der Waals surface area contributed by atoms with Crippen LogP contribution in [0.4, 0.5) is 18.9 Å². The number of aliphatic hydroxyl groups is 1. The average Bonchev–Trinajstić information content (AvgIpc) is 3.08. The molecule has 6 heteroatoms. The third kappa shape index (κ3) is 4.19. The van der Waals surface area contributed by atoms with Crippen molar-refractivity contribution in [3.63, 3.8) is 0 Å². The van der Waals surface area contributed by atoms with Gasteiger partial charge in [0.15, 0.2) is 6.10 Å². The molecule has 0 fully saturated rings. The molecule has 168 valence electrons. The van der Waals surface area contributed by atoms with E-state index in [0.29, 0.717) is 13.0 Å². The van der Waals surface area contributed by atoms with Crippen molar-refractivity contribution in [2.75, 3.05) is 25.1 Å². The molecule has 1 N–H and O–H groups in total. The number of halogens is 3. The number of β-amino-alcohol motifs (C(OH)–C–C–N with tert-alkyl or cyclic N) is 1. The number of anilines is 1. The lowest BCUT2D eigenvalue weighted by atomic mass is 9.71. The topological polar surface area (TPSA) is 32.7 Å². The molecule has 3 aromatic carbocycles. The Labute approximate surface area is 186 Å². The first-order valence-electron chi connectivity index (χ1n) is 10.5. The lowest BCUT2D eigenvalue weighted by Crippen LogP contribution is -2.44. The van der Waals surface area contributed by atoms with Crippen LogP contribution in [-0.4, -0.2) is 37.6 Å². The van der Waals surface area contributed by atoms with Crippen molar-refractivity contribution in [3.8, 4) is 5.75 Å². The Morgan fingerprint density at radius 1 is 1.03 bits per heavy atom. The molecule has 0 aliphatic carbocycles. The second-order valence-electron chi connectivity index (χ2n) is 8.43. The summed E-state index contributed by atoms with van der Waals surface area (Å²) >= 11 is 0. The molecular weight excluding hydrogens is 415 g/mol. The highest BCUT2D eigenvalue weighted by Crippen LogP contribution is 2.47. The van der Waals surface area contributed by atoms with Crippen LogP contribution in [0, 0.1) is 6.92 Å². The van der Waals surface area contributed by atoms with Gasteiger partial charge in [-0.25, -0.2) is 0 Å². The van der Waals surface area contributed by atoms with E-state index >= 15 is 0 Å². The van der Waals surface area contributed by atoms with Crippen LogP contribution in [0.5, 0.6) is 5.75 Å². The molecule has 0 saturated carbocycles. The molecule has 0 spiro atoms. The van der Waals surface area contributed by atoms with Crippen LogP contribution in [0.1, 0.15) is 22.3 Å². The van der Waals surface area contributed by atoms with Crippen LogP contribution < -0.4 is 9.64 Å². The van der Waals surface area contributed by atoms with E-state index in [2.05, 4.69) is 6.07 Å². The number of para-hydroxylation sites is 1. The summed E-state index contributed by atoms with van der Waals surface area (Å²) in [6.45, 7) is 1.85. The largest absolute Gasteiger partial charge is 0.497 e. The molecule has 4 rings (SSSR count). The molecule has 1 aliphatic heterocycles. The Balaban J connectivity index is 1.81. The summed E-state index contributed by atoms with van der Waals surface area (Å²) in [5.41, 5.74) is 4.33. The lowest BCUT2D eigenvalue weighted by molar-refractivity contribution is -0.200. The van der Waals surface area contributed by atoms with Gasteiger partial charge >= 0.3 is 6.18 Å². The second-order valence-corrected chi connectivity index (χ2v) is 8.43. The van der Waals surface area contributed by atoms with E-state index in [0.717, 1.165) is 33.7 Å². The van der Waals surface area contributed by atoms with Crippen molar-refractivity contribution in [1.82, 2.24) is 0 Å². The molecule has 0 aromatic heterocycles. The van der Waals surface area contributed by atoms with E-state index in [9.17, 15) is 18.3 Å². The van der Waals surface area contributed by atoms with E-state index in [1.165, 1.54) is 0 Å². The number of benzene rings is 3. The van der Waals surface area contributed by atoms with Gasteiger partial charge in [0.2, 0.25) is 0 Å². The van der Waals surface area contributed by atoms with E-state index in [1.807, 2.05) is 73.7 Å². The fourth-order valence-electron chi connectivity index (χ4n) is 4.66. The quantitative estimate of drug-likeness (QED) is 0.565. The van der Waals surface area contributed by atoms with Gasteiger partial charge in [0, 0.05) is 17.6 Å². The lowest BCUT2D eigenvalue weighted by Gasteiger charge is -2.33. The SMILES string of the molecule is COc1ccc(CC2(c3cccc(C)c3)CN(C[C@@H](O)C(F)(F)F)c3ccccc32)cc1. The number of alkyl halides is 3. The molecule has 32 heavy (non-hydrogen) atoms. The van der Waals surface area contributed by atoms with Gasteiger partial charge in [-0.05, 0) is 48.2 Å². The van der Waals surface area contributed by atoms with Crippen molar-refractivity contribution in [2.24, 2.45) is 0 Å². The fraction of sp³-hybridized carbons (Fsp3) is 0.308. The molecule has 0 radical (unpaired) electrons. The van der Waals surface area contributed by atoms with Crippen LogP contribution in [0.3, 0.4) is 0 Å². The van der Waals surface area contributed by atoms with Gasteiger partial charge in [-0.15, -0.1) is 0 Å². The van der Waals surface area contributed by atoms with Crippen molar-refractivity contribution >= 4 is 5.69 Å². The van der Waals surface area contributed by atoms with Crippen LogP contribution in [0.25, 0.3) is 0 Å². The van der Waals surface area contributed by atoms with Gasteiger partial charge in [-0.2, -0.15) is 13.2 Å². The first-order valence-corrected chi connectivity index (χ1v) is 10.5. The number of ether oxygens (including phenoxy) is 1. The summed E-state index contributed by atoms with van der Waals surface area (Å²) in [4.78, 5) is 1.67. The van der Waals surface area contributed by atoms with Crippen molar-refractivity contribution < 1.29 is 23.0 Å². The van der Waals surface area contributed by atoms with E-state index in [-0.39, 0.29) is 0 Å². The van der Waals surface area contributed by atoms with Gasteiger partial charge in [-0.3, -0.25) is 0 Å². The van der Waals surface area contributed by atoms with Crippen LogP contribution in [-0.2, 0) is 11.8 Å². The summed E-state index contributed by atoms with van der Waals surface area (Å²) in [5.74, 6) is 0.750. The zero-order valence-corrected chi connectivity index (χ0v) is 18.1. The minimum Gasteiger partial charge on any atom is -0.497 e. The molecule has 0 bridgehead atoms. The molecule has 1 heterocycles. The fourth-order valence-corrected chi connectivity index (χ4v) is 4.66. The summed E-state index contributed by atoms with van der Waals surface area (Å²) in [6, 6.07) is 23.5. The number of fused-ring (bicyclic) bond motifs is 1. The maximum atomic E-state index is 13.2. The Bertz CT molecular complexity index is 1080. The Morgan fingerprint density at radius 3 is 2.41 bits per heavy atom. The minimum atomic E-state index is -4.67. The Hall–Kier alpha value is -2.99. The van der Waals surface area contributed by atoms with Gasteiger partial charge in [-0.1, -0.05) is 60.2 Å². The maximum Gasteiger partial charge on any atom is 0.416 e. The summed E-state index contributed by atoms with van der Waals surface area (Å²) < 4.78 is 44.8. The number of aryl methyl sites for hydroxylation is 1. The highest BCUT2D eigenvalue weighted by molar-refractivity contribution is 5.67. The average molecular weight is 441 g/mol. The third-order valence-corrected chi connectivity index (χ3v) is 6.23. The summed E-state index contributed by atoms with van der Waals surface area (Å²) in [6.07, 6.45) is -6.47. The van der Waals surface area contributed by atoms with Crippen LogP contribution >= 0.6 is 0 Å². The van der Waals surface area contributed by atoms with E-state index in [1.54, 1.807) is 12.0 Å². The number of hydrogen-bond acceptors (Lipinski definition) is 3. The van der Waals surface area contributed by atoms with E-state index in [4.69, 9.17) is 4.74 Å². The smallest absolute Gasteiger partial charge is 0.416 e. The number of hydrogen-bond donors (Lipinski definition) is 1. The number of methoxy groups -OCH3 is 1. The standard InChI is InChI=1S/C26H26F3NO2/c1-18-6-5-7-20(14-18)25(15-19-10-12-21(32-2)13-11-19)17-30(16-24(31)26(27,28)29)23-9-4-3-8-22(23)25/h3-14,24,31H,15-17H2,1-2H3/t24-,25?/m1/s1. The number of nitrogens with zero attached hydrogens (tertiary/aromatic N) is 1. The monoisotopic (exact) mass is 441 g/mol. The highest BCUT2D eigenvalue weighted by atomic mass is 19.4. The summed E-state index contributed by atoms with van der Waals surface area (Å²) in [5, 5.41) is 9.82. The van der Waals surface area contributed by atoms with Gasteiger partial charge in [0.05, 0.1) is 13.7 Å². The molecule has 3 aromatic rings. The Kier molecular flexibility index (Phi) is 5.91. The maximum absolute atomic E-state index is 13.2. The first kappa shape index (κ1) is 22.2. The molecule has 1 unspecified atom stereocenters. The highest BCUT2D eigenvalue weighted by Gasteiger charge is 2.47. The number of aliphatic hydroxyl groups excluding tert-OH is 1. The first-order chi connectivity index (χ1) is 15.2. The molecule has 0 amide bonds. The zero-order chi connectivity index (χ0) is 22.9. The molecule has 0 saturated heterocycles. The third-order valence-electron chi connectivity index (χ3n) is 6.23. The van der Waals surface area contributed by atoms with Gasteiger partial charge in [0.25, 0.3) is 0 Å². The molecular formula is C26H26F3NO2. The Morgan fingerprint density at radius 2 is 1.75 bits per heavy atom. The minimum absolute atomic E-state index is 0.342. The van der Waals surface area contributed by atoms with Crippen molar-refractivity contribution in [3.05, 3.63) is 95.1 Å². The van der Waals surface area contributed by atoms with Crippen LogP contribution in [0.2, 0.25) is 0 Å². The molecule has 3 nitrogen and oxygen atoms in total. The number of rotatable bonds is 6. The predicted octanol–water partition coefficient (Wildman–Crippen LogP) is 5.28. The van der Waals surface area contributed by atoms with Crippen molar-refractivity contribution in [2.45, 2.75) is 31.0 Å². The van der Waals surface area contributed by atoms with Crippen molar-refractivity contribution in [1.29, 1.82) is 0 Å². The predicted molar refractivity (Wildman–Crippen MR) is 119 cm³/mol. The molecule has 1 aliphatic rings. The van der Waals surface area contributed by atoms with Gasteiger partial charge in [0.1, 0.15) is 5.75 Å². The van der Waals surface area contributed by atoms with Crippen LogP contribution in [0.15, 0.2) is 72.8 Å². The zero-order valence-electron chi connectivity index (χ0n) is 18.1. The normalized spacial score (nSPS) is 19.0. The second kappa shape index (κ2) is 8.51. The summed E-state index contributed by atoms with van der Waals surface area (Å²) in [7, 11) is 1.61. The van der Waals surface area contributed by atoms with Gasteiger partial charge < -0.3 is 14.7 Å².